The second-order valence-corrected chi connectivity index (χ2v) is 3.07. The molecule has 0 amide bonds. The molecule has 0 aliphatic carbocycles. The van der Waals surface area contributed by atoms with Crippen molar-refractivity contribution in [2.24, 2.45) is 0 Å². The molecule has 0 heterocycles. The maximum atomic E-state index is 11.1. The number of carbonyl (C=O) groups is 4. The molecule has 17 heavy (non-hydrogen) atoms. The molecule has 0 saturated carbocycles. The third-order valence-electron chi connectivity index (χ3n) is 1.60. The summed E-state index contributed by atoms with van der Waals surface area (Å²) in [4.78, 5) is 42.8. The molecule has 0 aromatic carbocycles. The zero-order valence-electron chi connectivity index (χ0n) is 9.43. The summed E-state index contributed by atoms with van der Waals surface area (Å²) >= 11 is 0. The number of ketones is 1. The average molecular weight is 240 g/mol. The number of carboxylic acid groups (broad SMARTS) is 1. The van der Waals surface area contributed by atoms with Crippen LogP contribution in [0.2, 0.25) is 0 Å². The van der Waals surface area contributed by atoms with E-state index in [0.29, 0.717) is 6.29 Å². The predicted octanol–water partition coefficient (Wildman–Crippen LogP) is 0.622. The number of hydrogen-bond donors (Lipinski definition) is 1. The van der Waals surface area contributed by atoms with E-state index in [1.807, 2.05) is 0 Å². The van der Waals surface area contributed by atoms with Crippen LogP contribution in [-0.4, -0.2) is 29.1 Å². The number of hydrogen-bond acceptors (Lipinski definition) is 5. The summed E-state index contributed by atoms with van der Waals surface area (Å²) in [5.41, 5.74) is -0.0785. The first-order valence-corrected chi connectivity index (χ1v) is 4.65. The second kappa shape index (κ2) is 7.10. The molecule has 92 valence electrons. The zero-order chi connectivity index (χ0) is 13.4. The maximum absolute atomic E-state index is 11.1. The summed E-state index contributed by atoms with van der Waals surface area (Å²) in [5.74, 6) is -2.84. The van der Waals surface area contributed by atoms with E-state index in [4.69, 9.17) is 5.11 Å². The highest BCUT2D eigenvalue weighted by molar-refractivity contribution is 5.99. The summed E-state index contributed by atoms with van der Waals surface area (Å²) in [5, 5.41) is 8.35. The first-order chi connectivity index (χ1) is 7.88. The van der Waals surface area contributed by atoms with E-state index in [2.05, 4.69) is 4.74 Å². The third-order valence-corrected chi connectivity index (χ3v) is 1.60. The molecule has 6 nitrogen and oxygen atoms in total. The molecule has 0 spiro atoms. The van der Waals surface area contributed by atoms with Gasteiger partial charge in [-0.05, 0) is 6.42 Å². The van der Waals surface area contributed by atoms with Gasteiger partial charge in [0.15, 0.2) is 11.5 Å². The molecule has 0 aliphatic heterocycles. The quantitative estimate of drug-likeness (QED) is 0.316. The first-order valence-electron chi connectivity index (χ1n) is 4.65. The first kappa shape index (κ1) is 14.8. The number of Topliss-reactive ketones (excluding diaryl/α,β-unsaturated/α-hetero) is 1. The Morgan fingerprint density at radius 1 is 1.24 bits per heavy atom. The van der Waals surface area contributed by atoms with E-state index in [0.717, 1.165) is 19.9 Å². The maximum Gasteiger partial charge on any atom is 0.327 e. The Kier molecular flexibility index (Phi) is 6.17. The van der Waals surface area contributed by atoms with Gasteiger partial charge in [-0.15, -0.1) is 0 Å². The highest BCUT2D eigenvalue weighted by atomic mass is 16.5. The normalized spacial score (nSPS) is 11.9. The van der Waals surface area contributed by atoms with Gasteiger partial charge in [0.05, 0.1) is 0 Å². The average Bonchev–Trinajstić information content (AvgIpc) is 2.20. The van der Waals surface area contributed by atoms with Gasteiger partial charge < -0.3 is 9.84 Å². The molecule has 0 aliphatic rings. The van der Waals surface area contributed by atoms with Crippen molar-refractivity contribution in [3.05, 3.63) is 23.5 Å². The second-order valence-electron chi connectivity index (χ2n) is 3.07. The molecule has 0 fully saturated rings. The fourth-order valence-electron chi connectivity index (χ4n) is 0.988. The number of carboxylic acids is 1. The van der Waals surface area contributed by atoms with Crippen molar-refractivity contribution >= 4 is 24.0 Å². The van der Waals surface area contributed by atoms with Gasteiger partial charge in [0.1, 0.15) is 6.29 Å². The monoisotopic (exact) mass is 240 g/mol. The van der Waals surface area contributed by atoms with Crippen molar-refractivity contribution < 1.29 is 29.0 Å². The smallest absolute Gasteiger partial charge is 0.327 e. The number of carbonyl (C=O) groups excluding carboxylic acids is 3. The zero-order valence-corrected chi connectivity index (χ0v) is 9.43. The Hall–Kier alpha value is -2.24. The molecule has 0 saturated heterocycles. The van der Waals surface area contributed by atoms with E-state index < -0.39 is 17.7 Å². The van der Waals surface area contributed by atoms with Crippen molar-refractivity contribution in [1.29, 1.82) is 0 Å². The van der Waals surface area contributed by atoms with Crippen LogP contribution < -0.4 is 0 Å². The van der Waals surface area contributed by atoms with Gasteiger partial charge >= 0.3 is 11.9 Å². The van der Waals surface area contributed by atoms with Crippen LogP contribution in [0.3, 0.4) is 0 Å². The lowest BCUT2D eigenvalue weighted by Crippen LogP contribution is -2.10. The molecule has 0 rings (SSSR count). The molecule has 0 unspecified atom stereocenters. The minimum atomic E-state index is -1.17. The van der Waals surface area contributed by atoms with Gasteiger partial charge in [-0.1, -0.05) is 6.08 Å². The number of ether oxygens (including phenoxy) is 1. The molecule has 0 atom stereocenters. The van der Waals surface area contributed by atoms with Crippen molar-refractivity contribution in [2.75, 3.05) is 0 Å². The van der Waals surface area contributed by atoms with Gasteiger partial charge in [-0.2, -0.15) is 0 Å². The van der Waals surface area contributed by atoms with Gasteiger partial charge in [0.2, 0.25) is 0 Å². The standard InChI is InChI=1S/C11H12O6/c1-7(13)11(17-8(2)14)9(6-12)4-3-5-10(15)16/h3,5-6H,4H2,1-2H3,(H,15,16). The SMILES string of the molecule is CC(=O)OC(C(C)=O)=C(C=O)CC=CC(=O)O. The van der Waals surface area contributed by atoms with Crippen molar-refractivity contribution in [1.82, 2.24) is 0 Å². The molecule has 6 heteroatoms. The van der Waals surface area contributed by atoms with Crippen LogP contribution in [0, 0.1) is 0 Å². The molecular formula is C11H12O6. The topological polar surface area (TPSA) is 97.7 Å². The Balaban J connectivity index is 5.07. The molecular weight excluding hydrogens is 228 g/mol. The van der Waals surface area contributed by atoms with E-state index in [1.54, 1.807) is 0 Å². The summed E-state index contributed by atoms with van der Waals surface area (Å²) in [6.45, 7) is 2.24. The minimum Gasteiger partial charge on any atom is -0.478 e. The number of allylic oxidation sites excluding steroid dienone is 3. The number of rotatable bonds is 6. The summed E-state index contributed by atoms with van der Waals surface area (Å²) in [6.07, 6.45) is 2.26. The van der Waals surface area contributed by atoms with Crippen LogP contribution in [0.15, 0.2) is 23.5 Å². The van der Waals surface area contributed by atoms with E-state index in [9.17, 15) is 19.2 Å². The van der Waals surface area contributed by atoms with Gasteiger partial charge in [0.25, 0.3) is 0 Å². The van der Waals surface area contributed by atoms with E-state index >= 15 is 0 Å². The van der Waals surface area contributed by atoms with Crippen molar-refractivity contribution in [3.8, 4) is 0 Å². The largest absolute Gasteiger partial charge is 0.478 e. The van der Waals surface area contributed by atoms with Crippen LogP contribution in [-0.2, 0) is 23.9 Å². The number of aliphatic carboxylic acids is 1. The Morgan fingerprint density at radius 2 is 1.82 bits per heavy atom. The lowest BCUT2D eigenvalue weighted by atomic mass is 10.1. The van der Waals surface area contributed by atoms with Crippen molar-refractivity contribution in [2.45, 2.75) is 20.3 Å². The number of aldehydes is 1. The Morgan fingerprint density at radius 3 is 2.18 bits per heavy atom. The van der Waals surface area contributed by atoms with Crippen LogP contribution >= 0.6 is 0 Å². The summed E-state index contributed by atoms with van der Waals surface area (Å²) in [7, 11) is 0. The summed E-state index contributed by atoms with van der Waals surface area (Å²) in [6, 6.07) is 0. The molecule has 0 bridgehead atoms. The fourth-order valence-corrected chi connectivity index (χ4v) is 0.988. The van der Waals surface area contributed by atoms with E-state index in [-0.39, 0.29) is 17.8 Å². The highest BCUT2D eigenvalue weighted by Gasteiger charge is 2.14. The Labute approximate surface area is 97.6 Å². The predicted molar refractivity (Wildman–Crippen MR) is 56.9 cm³/mol. The van der Waals surface area contributed by atoms with Crippen LogP contribution in [0.5, 0.6) is 0 Å². The van der Waals surface area contributed by atoms with Crippen LogP contribution in [0.1, 0.15) is 20.3 Å². The summed E-state index contributed by atoms with van der Waals surface area (Å²) < 4.78 is 4.60. The molecule has 0 aromatic heterocycles. The number of esters is 1. The third kappa shape index (κ3) is 6.03. The lowest BCUT2D eigenvalue weighted by molar-refractivity contribution is -0.140. The van der Waals surface area contributed by atoms with Gasteiger partial charge in [-0.25, -0.2) is 4.79 Å². The molecule has 0 aromatic rings. The molecule has 0 radical (unpaired) electrons. The van der Waals surface area contributed by atoms with E-state index in [1.165, 1.54) is 6.08 Å². The minimum absolute atomic E-state index is 0.0785. The van der Waals surface area contributed by atoms with Gasteiger partial charge in [-0.3, -0.25) is 14.4 Å². The van der Waals surface area contributed by atoms with Crippen LogP contribution in [0.4, 0.5) is 0 Å². The van der Waals surface area contributed by atoms with Crippen LogP contribution in [0.25, 0.3) is 0 Å². The molecule has 1 N–H and O–H groups in total. The Bertz CT molecular complexity index is 402. The highest BCUT2D eigenvalue weighted by Crippen LogP contribution is 2.11. The van der Waals surface area contributed by atoms with Crippen molar-refractivity contribution in [3.63, 3.8) is 0 Å². The van der Waals surface area contributed by atoms with Gasteiger partial charge in [0, 0.05) is 25.5 Å². The fraction of sp³-hybridized carbons (Fsp3) is 0.273. The lowest BCUT2D eigenvalue weighted by Gasteiger charge is -2.05.